The van der Waals surface area contributed by atoms with Crippen LogP contribution in [0.2, 0.25) is 10.6 Å². The number of anilines is 8. The molecule has 6 N–H and O–H groups in total. The zero-order valence-corrected chi connectivity index (χ0v) is 65.7. The van der Waals surface area contributed by atoms with Crippen LogP contribution in [0.3, 0.4) is 0 Å². The molecule has 0 radical (unpaired) electrons. The monoisotopic (exact) mass is 1470 g/mol. The Balaban J connectivity index is 0.00000424. The molecule has 2 aromatic heterocycles. The number of rotatable bonds is 15. The smallest absolute Gasteiger partial charge is 0.744 e. The molecular formula is C44H24Cl2N14Na6O20S6. The van der Waals surface area contributed by atoms with Gasteiger partial charge in [0.1, 0.15) is 41.7 Å². The van der Waals surface area contributed by atoms with E-state index in [1.807, 2.05) is 0 Å². The molecule has 0 spiro atoms. The summed E-state index contributed by atoms with van der Waals surface area (Å²) in [5, 5.41) is 49.0. The van der Waals surface area contributed by atoms with Crippen LogP contribution in [0.15, 0.2) is 144 Å². The van der Waals surface area contributed by atoms with Gasteiger partial charge in [0.2, 0.25) is 34.4 Å². The van der Waals surface area contributed by atoms with Crippen molar-refractivity contribution in [3.63, 3.8) is 0 Å². The van der Waals surface area contributed by atoms with Crippen LogP contribution in [-0.2, 0) is 62.2 Å². The Morgan fingerprint density at radius 3 is 1.41 bits per heavy atom. The summed E-state index contributed by atoms with van der Waals surface area (Å²) >= 11 is 12.5. The Morgan fingerprint density at radius 2 is 0.935 bits per heavy atom. The third-order valence-corrected chi connectivity index (χ3v) is 12.9. The van der Waals surface area contributed by atoms with Crippen molar-refractivity contribution in [3.05, 3.63) is 138 Å². The average Bonchev–Trinajstić information content (AvgIpc) is 0.755. The van der Waals surface area contributed by atoms with Crippen molar-refractivity contribution in [3.8, 4) is 11.5 Å². The predicted octanol–water partition coefficient (Wildman–Crippen LogP) is -12.0. The van der Waals surface area contributed by atoms with Crippen LogP contribution < -0.4 is 199 Å². The second kappa shape index (κ2) is 40.1. The van der Waals surface area contributed by atoms with Crippen molar-refractivity contribution in [1.29, 1.82) is 0 Å². The fourth-order valence-corrected chi connectivity index (χ4v) is 8.96. The molecule has 48 heteroatoms. The van der Waals surface area contributed by atoms with E-state index in [0.29, 0.717) is 45.7 Å². The molecule has 0 fully saturated rings. The standard InChI is InChI=1S/C44H27Cl2N14O11S3.6Na.3O3S/c45-39-51-41(55-43(53-39)49-29-11-6-7-22-13-18-30(37(61)34(22)29)59-57-26-8-2-1-3-9-26)47-24-14-16-25(17-15-24)48-42-52-40(46)54-44(56-42)50-31-21-27(72(63,64)65)19-23-20-33(74(69,70)71)36(38(62)35(23)31)60-58-28-10-4-5-12-32(28)73(66,67)68;;;;;;;3*1-4(2)3/h1-5,7-8,10-17,19-21,61-62H,(H,63,64,65)(H,66,67,68)(H,69,70,71)(H2,47,49,51,53,55)(H2,48,50,52,54,56);;;;;;;;;/q-3;6*+1;;;/p-3. The largest absolute Gasteiger partial charge is 1.00 e. The van der Waals surface area contributed by atoms with E-state index in [1.54, 1.807) is 66.7 Å². The predicted molar refractivity (Wildman–Crippen MR) is 291 cm³/mol. The summed E-state index contributed by atoms with van der Waals surface area (Å²) in [4.78, 5) is 21.8. The topological polar surface area (TPSA) is 541 Å². The summed E-state index contributed by atoms with van der Waals surface area (Å²) in [6.07, 6.45) is 0. The van der Waals surface area contributed by atoms with Crippen LogP contribution in [0.1, 0.15) is 0 Å². The SMILES string of the molecule is O=S(=O)([O-])c1cc(Nc2nc(Cl)nc(Nc3ccc(Nc4nc(Cl)nc(Nc5c[c-]cc6c[c-]c(N=Nc7[c-]cccc7)c(O)c56)n4)cc3)n2)c2c(O)c(N=Nc3ccccc3S(=O)(=O)[O-])c(S(=O)(=O)[O-])cc2c1.O=S(=O)=O.O=S(=O)=O.O=S(=O)=O.[Na+].[Na+].[Na+].[Na+].[Na+].[Na+]. The molecule has 0 bridgehead atoms. The van der Waals surface area contributed by atoms with Gasteiger partial charge in [0.25, 0.3) is 0 Å². The number of benzene rings is 7. The number of hydrogen-bond acceptors (Lipinski definition) is 34. The van der Waals surface area contributed by atoms with Crippen molar-refractivity contribution < 1.29 is 264 Å². The maximum atomic E-state index is 12.5. The van der Waals surface area contributed by atoms with Gasteiger partial charge in [0, 0.05) is 28.2 Å². The molecule has 446 valence electrons. The Kier molecular flexibility index (Phi) is 38.4. The summed E-state index contributed by atoms with van der Waals surface area (Å²) in [5.74, 6) is -2.02. The number of phenolic OH excluding ortho intramolecular Hbond substituents is 2. The first-order valence-electron chi connectivity index (χ1n) is 21.9. The van der Waals surface area contributed by atoms with Gasteiger partial charge < -0.3 is 45.1 Å². The van der Waals surface area contributed by atoms with Crippen LogP contribution in [0.25, 0.3) is 21.5 Å². The Morgan fingerprint density at radius 1 is 0.467 bits per heavy atom. The Bertz CT molecular complexity index is 4850. The molecule has 0 saturated heterocycles. The van der Waals surface area contributed by atoms with Crippen molar-refractivity contribution >= 4 is 176 Å². The van der Waals surface area contributed by atoms with E-state index in [4.69, 9.17) is 61.1 Å². The first kappa shape index (κ1) is 88.2. The van der Waals surface area contributed by atoms with E-state index < -0.39 is 122 Å². The van der Waals surface area contributed by atoms with Gasteiger partial charge in [-0.05, 0) is 88.9 Å². The molecule has 0 saturated carbocycles. The third kappa shape index (κ3) is 27.0. The number of fused-ring (bicyclic) bond motifs is 2. The van der Waals surface area contributed by atoms with Crippen LogP contribution in [0.4, 0.5) is 69.3 Å². The quantitative estimate of drug-likeness (QED) is 0.0240. The van der Waals surface area contributed by atoms with Crippen LogP contribution in [0, 0.1) is 18.2 Å². The number of aromatic hydroxyl groups is 2. The number of hydrogen-bond donors (Lipinski definition) is 6. The van der Waals surface area contributed by atoms with Crippen molar-refractivity contribution in [2.75, 3.05) is 21.3 Å². The molecule has 92 heavy (non-hydrogen) atoms. The first-order valence-corrected chi connectivity index (χ1v) is 29.8. The molecule has 2 heterocycles. The zero-order valence-electron chi connectivity index (χ0n) is 47.3. The third-order valence-electron chi connectivity index (χ3n) is 9.98. The van der Waals surface area contributed by atoms with Gasteiger partial charge in [0.15, 0.2) is 5.75 Å². The molecule has 9 aromatic rings. The Hall–Kier alpha value is -3.75. The second-order valence-electron chi connectivity index (χ2n) is 15.5. The first-order chi connectivity index (χ1) is 40.4. The van der Waals surface area contributed by atoms with Gasteiger partial charge >= 0.3 is 209 Å². The van der Waals surface area contributed by atoms with E-state index >= 15 is 0 Å². The van der Waals surface area contributed by atoms with E-state index in [9.17, 15) is 49.1 Å². The maximum Gasteiger partial charge on any atom is 1.00 e. The number of phenols is 2. The molecule has 0 aliphatic carbocycles. The van der Waals surface area contributed by atoms with Crippen molar-refractivity contribution in [2.24, 2.45) is 20.5 Å². The number of nitrogens with zero attached hydrogens (tertiary/aromatic N) is 10. The molecule has 7 aromatic carbocycles. The molecule has 0 atom stereocenters. The minimum absolute atomic E-state index is 0. The molecule has 0 unspecified atom stereocenters. The van der Waals surface area contributed by atoms with Gasteiger partial charge in [-0.25, -0.2) is 25.3 Å². The molecular weight excluding hydrogens is 1450 g/mol. The van der Waals surface area contributed by atoms with Gasteiger partial charge in [-0.1, -0.05) is 17.8 Å². The van der Waals surface area contributed by atoms with Crippen LogP contribution >= 0.6 is 23.2 Å². The normalized spacial score (nSPS) is 10.6. The van der Waals surface area contributed by atoms with E-state index in [-0.39, 0.29) is 212 Å². The van der Waals surface area contributed by atoms with Crippen LogP contribution in [0.5, 0.6) is 11.5 Å². The number of azo groups is 2. The number of halogens is 2. The molecule has 0 aliphatic rings. The van der Waals surface area contributed by atoms with Gasteiger partial charge in [-0.2, -0.15) is 94.7 Å². The molecule has 0 amide bonds. The second-order valence-corrected chi connectivity index (χ2v) is 21.5. The summed E-state index contributed by atoms with van der Waals surface area (Å²) in [5.41, 5.74) is -0.481. The molecule has 9 rings (SSSR count). The fourth-order valence-electron chi connectivity index (χ4n) is 6.86. The average molecular weight is 1470 g/mol. The fraction of sp³-hybridized carbons (Fsp3) is 0. The van der Waals surface area contributed by atoms with Crippen LogP contribution in [-0.4, -0.2) is 117 Å². The summed E-state index contributed by atoms with van der Waals surface area (Å²) < 4.78 is 186. The minimum Gasteiger partial charge on any atom is -0.744 e. The molecule has 0 aliphatic heterocycles. The maximum absolute atomic E-state index is 12.5. The summed E-state index contributed by atoms with van der Waals surface area (Å²) in [6.45, 7) is 0. The van der Waals surface area contributed by atoms with Crippen molar-refractivity contribution in [2.45, 2.75) is 14.7 Å². The number of aromatic nitrogens is 6. The van der Waals surface area contributed by atoms with E-state index in [0.717, 1.165) is 18.2 Å². The van der Waals surface area contributed by atoms with E-state index in [1.165, 1.54) is 12.1 Å². The van der Waals surface area contributed by atoms with Crippen molar-refractivity contribution in [1.82, 2.24) is 29.9 Å². The zero-order chi connectivity index (χ0) is 63.3. The van der Waals surface area contributed by atoms with E-state index in [2.05, 4.69) is 89.8 Å². The number of nitrogens with one attached hydrogen (secondary N) is 4. The van der Waals surface area contributed by atoms with Gasteiger partial charge in [-0.15, -0.1) is 64.9 Å². The van der Waals surface area contributed by atoms with Gasteiger partial charge in [0.05, 0.1) is 20.4 Å². The summed E-state index contributed by atoms with van der Waals surface area (Å²) in [6, 6.07) is 33.2. The van der Waals surface area contributed by atoms with Gasteiger partial charge in [-0.3, -0.25) is 0 Å². The minimum atomic E-state index is -5.59. The summed E-state index contributed by atoms with van der Waals surface area (Å²) in [7, 11) is -25.4. The molecule has 34 nitrogen and oxygen atoms in total. The Labute approximate surface area is 666 Å².